The van der Waals surface area contributed by atoms with Crippen LogP contribution < -0.4 is 4.74 Å². The average Bonchev–Trinajstić information content (AvgIpc) is 2.81. The molecular formula is C28H37F3O. The Morgan fingerprint density at radius 1 is 0.875 bits per heavy atom. The highest BCUT2D eigenvalue weighted by Crippen LogP contribution is 2.42. The van der Waals surface area contributed by atoms with Crippen molar-refractivity contribution in [1.82, 2.24) is 0 Å². The molecule has 2 atom stereocenters. The van der Waals surface area contributed by atoms with Gasteiger partial charge < -0.3 is 4.74 Å². The molecule has 1 nitrogen and oxygen atoms in total. The van der Waals surface area contributed by atoms with Gasteiger partial charge in [-0.1, -0.05) is 38.0 Å². The quantitative estimate of drug-likeness (QED) is 0.427. The van der Waals surface area contributed by atoms with Crippen LogP contribution in [0.1, 0.15) is 82.6 Å². The smallest absolute Gasteiger partial charge is 0.165 e. The van der Waals surface area contributed by atoms with Gasteiger partial charge in [0.15, 0.2) is 23.9 Å². The fourth-order valence-electron chi connectivity index (χ4n) is 6.01. The van der Waals surface area contributed by atoms with Gasteiger partial charge in [-0.25, -0.2) is 13.2 Å². The molecule has 1 aromatic rings. The van der Waals surface area contributed by atoms with Crippen molar-refractivity contribution >= 4 is 0 Å². The van der Waals surface area contributed by atoms with Crippen molar-refractivity contribution in [2.45, 2.75) is 89.4 Å². The fourth-order valence-corrected chi connectivity index (χ4v) is 6.01. The average molecular weight is 447 g/mol. The van der Waals surface area contributed by atoms with Gasteiger partial charge in [-0.05, 0) is 104 Å². The first-order chi connectivity index (χ1) is 15.5. The molecular weight excluding hydrogens is 409 g/mol. The molecule has 0 saturated heterocycles. The number of halogens is 3. The Kier molecular flexibility index (Phi) is 7.68. The van der Waals surface area contributed by atoms with E-state index >= 15 is 0 Å². The van der Waals surface area contributed by atoms with Crippen LogP contribution in [0.4, 0.5) is 13.2 Å². The first kappa shape index (κ1) is 23.4. The van der Waals surface area contributed by atoms with E-state index < -0.39 is 12.3 Å². The van der Waals surface area contributed by atoms with E-state index in [-0.39, 0.29) is 17.5 Å². The summed E-state index contributed by atoms with van der Waals surface area (Å²) < 4.78 is 48.9. The Balaban J connectivity index is 1.28. The van der Waals surface area contributed by atoms with Crippen molar-refractivity contribution in [2.24, 2.45) is 17.8 Å². The third-order valence-electron chi connectivity index (χ3n) is 8.24. The van der Waals surface area contributed by atoms with Gasteiger partial charge in [-0.3, -0.25) is 0 Å². The molecule has 4 rings (SSSR count). The van der Waals surface area contributed by atoms with Crippen LogP contribution in [0.5, 0.6) is 5.75 Å². The van der Waals surface area contributed by atoms with Crippen LogP contribution in [-0.2, 0) is 0 Å². The van der Waals surface area contributed by atoms with Gasteiger partial charge in [0.05, 0.1) is 7.11 Å². The largest absolute Gasteiger partial charge is 0.494 e. The van der Waals surface area contributed by atoms with E-state index in [1.165, 1.54) is 7.11 Å². The van der Waals surface area contributed by atoms with E-state index in [9.17, 15) is 13.2 Å². The molecule has 0 bridgehead atoms. The predicted molar refractivity (Wildman–Crippen MR) is 124 cm³/mol. The second kappa shape index (κ2) is 10.5. The summed E-state index contributed by atoms with van der Waals surface area (Å²) in [6, 6.07) is 5.27. The normalized spacial score (nSPS) is 33.4. The van der Waals surface area contributed by atoms with E-state index in [1.54, 1.807) is 12.1 Å². The second-order valence-corrected chi connectivity index (χ2v) is 10.3. The molecule has 0 heterocycles. The lowest BCUT2D eigenvalue weighted by molar-refractivity contribution is 0.190. The topological polar surface area (TPSA) is 9.23 Å². The molecule has 2 unspecified atom stereocenters. The molecule has 2 saturated carbocycles. The van der Waals surface area contributed by atoms with Gasteiger partial charge in [-0.2, -0.15) is 0 Å². The molecule has 1 aromatic carbocycles. The number of alkyl halides is 2. The zero-order valence-corrected chi connectivity index (χ0v) is 19.5. The third-order valence-corrected chi connectivity index (χ3v) is 8.24. The van der Waals surface area contributed by atoms with E-state index in [1.807, 2.05) is 18.2 Å². The van der Waals surface area contributed by atoms with E-state index in [0.717, 1.165) is 63.4 Å². The number of hydrogen-bond acceptors (Lipinski definition) is 1. The van der Waals surface area contributed by atoms with E-state index in [4.69, 9.17) is 4.74 Å². The van der Waals surface area contributed by atoms with Gasteiger partial charge in [0.25, 0.3) is 0 Å². The lowest BCUT2D eigenvalue weighted by atomic mass is 9.74. The maximum atomic E-state index is 14.9. The van der Waals surface area contributed by atoms with Gasteiger partial charge in [-0.15, -0.1) is 0 Å². The van der Waals surface area contributed by atoms with Gasteiger partial charge >= 0.3 is 0 Å². The van der Waals surface area contributed by atoms with Crippen LogP contribution in [0, 0.1) is 23.6 Å². The number of benzene rings is 1. The van der Waals surface area contributed by atoms with Crippen molar-refractivity contribution in [2.75, 3.05) is 7.11 Å². The van der Waals surface area contributed by atoms with Crippen molar-refractivity contribution < 1.29 is 17.9 Å². The van der Waals surface area contributed by atoms with Crippen LogP contribution in [0.25, 0.3) is 0 Å². The summed E-state index contributed by atoms with van der Waals surface area (Å²) in [5.74, 6) is 1.81. The summed E-state index contributed by atoms with van der Waals surface area (Å²) in [6.07, 6.45) is 10.7. The molecule has 0 amide bonds. The van der Waals surface area contributed by atoms with Gasteiger partial charge in [0.1, 0.15) is 0 Å². The zero-order chi connectivity index (χ0) is 22.7. The van der Waals surface area contributed by atoms with E-state index in [0.29, 0.717) is 35.3 Å². The summed E-state index contributed by atoms with van der Waals surface area (Å²) in [5, 5.41) is 0. The molecule has 32 heavy (non-hydrogen) atoms. The second-order valence-electron chi connectivity index (χ2n) is 10.3. The SMILES string of the molecule is COc1ccc(C2CCC(CCC3=CC=C(C4CCC(C)CC4)C(F)C3F)CC2)cc1F. The summed E-state index contributed by atoms with van der Waals surface area (Å²) in [7, 11) is 1.48. The van der Waals surface area contributed by atoms with Crippen LogP contribution in [-0.4, -0.2) is 19.5 Å². The van der Waals surface area contributed by atoms with Gasteiger partial charge in [0, 0.05) is 0 Å². The maximum Gasteiger partial charge on any atom is 0.165 e. The molecule has 2 fully saturated rings. The lowest BCUT2D eigenvalue weighted by Gasteiger charge is -2.33. The molecule has 176 valence electrons. The molecule has 0 spiro atoms. The molecule has 4 heteroatoms. The highest BCUT2D eigenvalue weighted by Gasteiger charge is 2.35. The summed E-state index contributed by atoms with van der Waals surface area (Å²) in [5.41, 5.74) is 2.36. The minimum atomic E-state index is -1.48. The number of ether oxygens (including phenoxy) is 1. The minimum absolute atomic E-state index is 0.218. The molecule has 0 aliphatic heterocycles. The Hall–Kier alpha value is -1.71. The first-order valence-corrected chi connectivity index (χ1v) is 12.5. The Morgan fingerprint density at radius 2 is 1.56 bits per heavy atom. The first-order valence-electron chi connectivity index (χ1n) is 12.5. The number of allylic oxidation sites excluding steroid dienone is 4. The fraction of sp³-hybridized carbons (Fsp3) is 0.643. The van der Waals surface area contributed by atoms with Crippen molar-refractivity contribution in [3.63, 3.8) is 0 Å². The molecule has 0 N–H and O–H groups in total. The highest BCUT2D eigenvalue weighted by atomic mass is 19.2. The Morgan fingerprint density at radius 3 is 2.22 bits per heavy atom. The molecule has 3 aliphatic rings. The van der Waals surface area contributed by atoms with Crippen molar-refractivity contribution in [3.8, 4) is 5.75 Å². The predicted octanol–water partition coefficient (Wildman–Crippen LogP) is 8.26. The number of methoxy groups -OCH3 is 1. The Bertz CT molecular complexity index is 829. The molecule has 0 radical (unpaired) electrons. The van der Waals surface area contributed by atoms with Gasteiger partial charge in [0.2, 0.25) is 0 Å². The monoisotopic (exact) mass is 446 g/mol. The highest BCUT2D eigenvalue weighted by molar-refractivity contribution is 5.34. The number of rotatable bonds is 6. The Labute approximate surface area is 191 Å². The summed E-state index contributed by atoms with van der Waals surface area (Å²) in [4.78, 5) is 0. The third kappa shape index (κ3) is 5.26. The minimum Gasteiger partial charge on any atom is -0.494 e. The van der Waals surface area contributed by atoms with Crippen LogP contribution in [0.15, 0.2) is 41.5 Å². The lowest BCUT2D eigenvalue weighted by Crippen LogP contribution is -2.30. The molecule has 0 aromatic heterocycles. The summed E-state index contributed by atoms with van der Waals surface area (Å²) in [6.45, 7) is 2.25. The maximum absolute atomic E-state index is 14.9. The standard InChI is InChI=1S/C28H37F3O/c1-18-3-8-21(9-4-18)24-15-13-22(27(30)28(24)31)12-7-19-5-10-20(11-6-19)23-14-16-26(32-2)25(29)17-23/h13-21,27-28H,3-12H2,1-2H3. The van der Waals surface area contributed by atoms with Crippen LogP contribution in [0.2, 0.25) is 0 Å². The van der Waals surface area contributed by atoms with Crippen LogP contribution >= 0.6 is 0 Å². The molecule has 3 aliphatic carbocycles. The van der Waals surface area contributed by atoms with Crippen LogP contribution in [0.3, 0.4) is 0 Å². The summed E-state index contributed by atoms with van der Waals surface area (Å²) >= 11 is 0. The number of hydrogen-bond donors (Lipinski definition) is 0. The zero-order valence-electron chi connectivity index (χ0n) is 19.5. The van der Waals surface area contributed by atoms with E-state index in [2.05, 4.69) is 6.92 Å². The van der Waals surface area contributed by atoms with Crippen molar-refractivity contribution in [3.05, 3.63) is 52.9 Å². The van der Waals surface area contributed by atoms with Crippen molar-refractivity contribution in [1.29, 1.82) is 0 Å².